The van der Waals surface area contributed by atoms with E-state index in [1.54, 1.807) is 18.3 Å². The van der Waals surface area contributed by atoms with E-state index in [9.17, 15) is 4.79 Å². The van der Waals surface area contributed by atoms with Gasteiger partial charge in [-0.3, -0.25) is 9.69 Å². The molecular formula is C16H21N5O2S. The van der Waals surface area contributed by atoms with Gasteiger partial charge >= 0.3 is 0 Å². The van der Waals surface area contributed by atoms with Gasteiger partial charge in [-0.1, -0.05) is 5.16 Å². The number of carbonyl (C=O) groups is 1. The number of nitrogens with zero attached hydrogens (tertiary/aromatic N) is 4. The van der Waals surface area contributed by atoms with Gasteiger partial charge in [0, 0.05) is 37.0 Å². The summed E-state index contributed by atoms with van der Waals surface area (Å²) in [7, 11) is 0. The summed E-state index contributed by atoms with van der Waals surface area (Å²) in [6.07, 6.45) is 3.17. The predicted molar refractivity (Wildman–Crippen MR) is 88.5 cm³/mol. The van der Waals surface area contributed by atoms with Crippen LogP contribution in [0.15, 0.2) is 9.90 Å². The lowest BCUT2D eigenvalue weighted by molar-refractivity contribution is -0.120. The van der Waals surface area contributed by atoms with Gasteiger partial charge in [0.15, 0.2) is 5.82 Å². The van der Waals surface area contributed by atoms with Gasteiger partial charge in [0.1, 0.15) is 10.5 Å². The highest BCUT2D eigenvalue weighted by molar-refractivity contribution is 7.09. The first-order valence-corrected chi connectivity index (χ1v) is 9.18. The van der Waals surface area contributed by atoms with E-state index < -0.39 is 5.54 Å². The standard InChI is InChI=1S/C16H21N5O2S/c1-10-8-24-15(17-10)16(19-11(2)22)5-6-21(9-16)7-13-18-14(20-23-13)12-3-4-12/h8,12H,3-7,9H2,1-2H3,(H,19,22). The second-order valence-corrected chi connectivity index (χ2v) is 7.70. The normalized spacial score (nSPS) is 24.4. The molecule has 1 N–H and O–H groups in total. The monoisotopic (exact) mass is 347 g/mol. The van der Waals surface area contributed by atoms with Gasteiger partial charge in [-0.15, -0.1) is 11.3 Å². The van der Waals surface area contributed by atoms with Gasteiger partial charge in [-0.25, -0.2) is 4.98 Å². The van der Waals surface area contributed by atoms with Crippen molar-refractivity contribution < 1.29 is 9.32 Å². The molecule has 1 aliphatic heterocycles. The minimum absolute atomic E-state index is 0.0292. The second kappa shape index (κ2) is 5.93. The van der Waals surface area contributed by atoms with Crippen LogP contribution in [-0.4, -0.2) is 39.0 Å². The molecule has 128 valence electrons. The van der Waals surface area contributed by atoms with Gasteiger partial charge in [0.05, 0.1) is 6.54 Å². The van der Waals surface area contributed by atoms with E-state index in [0.29, 0.717) is 24.9 Å². The van der Waals surface area contributed by atoms with Crippen LogP contribution in [0.4, 0.5) is 0 Å². The van der Waals surface area contributed by atoms with Crippen molar-refractivity contribution in [3.8, 4) is 0 Å². The number of aryl methyl sites for hydroxylation is 1. The topological polar surface area (TPSA) is 84.2 Å². The highest BCUT2D eigenvalue weighted by Gasteiger charge is 2.43. The molecule has 8 heteroatoms. The molecule has 0 bridgehead atoms. The first-order chi connectivity index (χ1) is 11.5. The molecule has 2 aromatic heterocycles. The fourth-order valence-electron chi connectivity index (χ4n) is 3.30. The molecule has 1 unspecified atom stereocenters. The van der Waals surface area contributed by atoms with Crippen molar-refractivity contribution in [2.45, 2.75) is 51.1 Å². The number of nitrogens with one attached hydrogen (secondary N) is 1. The Labute approximate surface area is 144 Å². The van der Waals surface area contributed by atoms with E-state index in [1.165, 1.54) is 0 Å². The number of aromatic nitrogens is 3. The molecule has 1 atom stereocenters. The van der Waals surface area contributed by atoms with Crippen LogP contribution in [0.2, 0.25) is 0 Å². The zero-order valence-corrected chi connectivity index (χ0v) is 14.7. The lowest BCUT2D eigenvalue weighted by atomic mass is 9.99. The zero-order chi connectivity index (χ0) is 16.7. The van der Waals surface area contributed by atoms with Gasteiger partial charge in [0.25, 0.3) is 0 Å². The first kappa shape index (κ1) is 15.7. The maximum atomic E-state index is 11.7. The Morgan fingerprint density at radius 1 is 1.50 bits per heavy atom. The third-order valence-electron chi connectivity index (χ3n) is 4.58. The van der Waals surface area contributed by atoms with Crippen LogP contribution in [0.3, 0.4) is 0 Å². The van der Waals surface area contributed by atoms with Gasteiger partial charge in [0.2, 0.25) is 11.8 Å². The van der Waals surface area contributed by atoms with E-state index >= 15 is 0 Å². The molecule has 7 nitrogen and oxygen atoms in total. The Morgan fingerprint density at radius 2 is 2.33 bits per heavy atom. The Hall–Kier alpha value is -1.80. The molecule has 1 saturated heterocycles. The summed E-state index contributed by atoms with van der Waals surface area (Å²) >= 11 is 1.61. The molecule has 1 amide bonds. The van der Waals surface area contributed by atoms with Crippen molar-refractivity contribution >= 4 is 17.2 Å². The summed E-state index contributed by atoms with van der Waals surface area (Å²) in [5.41, 5.74) is 0.577. The van der Waals surface area contributed by atoms with E-state index in [2.05, 4.69) is 25.3 Å². The fraction of sp³-hybridized carbons (Fsp3) is 0.625. The number of amides is 1. The van der Waals surface area contributed by atoms with Crippen molar-refractivity contribution in [1.29, 1.82) is 0 Å². The molecule has 3 heterocycles. The third kappa shape index (κ3) is 3.08. The van der Waals surface area contributed by atoms with Crippen LogP contribution < -0.4 is 5.32 Å². The molecule has 4 rings (SSSR count). The predicted octanol–water partition coefficient (Wildman–Crippen LogP) is 1.95. The first-order valence-electron chi connectivity index (χ1n) is 8.30. The summed E-state index contributed by atoms with van der Waals surface area (Å²) in [5, 5.41) is 10.2. The molecular weight excluding hydrogens is 326 g/mol. The summed E-state index contributed by atoms with van der Waals surface area (Å²) in [6.45, 7) is 5.73. The maximum absolute atomic E-state index is 11.7. The number of rotatable bonds is 5. The smallest absolute Gasteiger partial charge is 0.240 e. The minimum atomic E-state index is -0.413. The molecule has 0 radical (unpaired) electrons. The quantitative estimate of drug-likeness (QED) is 0.890. The Balaban J connectivity index is 1.49. The molecule has 2 aromatic rings. The molecule has 0 aromatic carbocycles. The number of hydrogen-bond donors (Lipinski definition) is 1. The molecule has 0 spiro atoms. The summed E-state index contributed by atoms with van der Waals surface area (Å²) < 4.78 is 5.38. The lowest BCUT2D eigenvalue weighted by Gasteiger charge is -2.28. The SMILES string of the molecule is CC(=O)NC1(c2nc(C)cs2)CCN(Cc2nc(C3CC3)no2)C1. The van der Waals surface area contributed by atoms with Crippen molar-refractivity contribution in [1.82, 2.24) is 25.3 Å². The van der Waals surface area contributed by atoms with E-state index in [0.717, 1.165) is 42.3 Å². The van der Waals surface area contributed by atoms with Crippen LogP contribution in [0, 0.1) is 6.92 Å². The van der Waals surface area contributed by atoms with Crippen LogP contribution in [-0.2, 0) is 16.9 Å². The highest BCUT2D eigenvalue weighted by Crippen LogP contribution is 2.38. The summed E-state index contributed by atoms with van der Waals surface area (Å²) in [4.78, 5) is 23.1. The average molecular weight is 347 g/mol. The molecule has 2 fully saturated rings. The number of thiazole rings is 1. The Morgan fingerprint density at radius 3 is 3.00 bits per heavy atom. The highest BCUT2D eigenvalue weighted by atomic mass is 32.1. The summed E-state index contributed by atoms with van der Waals surface area (Å²) in [5.74, 6) is 1.97. The Bertz CT molecular complexity index is 753. The van der Waals surface area contributed by atoms with E-state index in [4.69, 9.17) is 4.52 Å². The molecule has 1 saturated carbocycles. The second-order valence-electron chi connectivity index (χ2n) is 6.84. The van der Waals surface area contributed by atoms with Gasteiger partial charge in [-0.05, 0) is 26.2 Å². The minimum Gasteiger partial charge on any atom is -0.343 e. The fourth-order valence-corrected chi connectivity index (χ4v) is 4.27. The maximum Gasteiger partial charge on any atom is 0.240 e. The molecule has 24 heavy (non-hydrogen) atoms. The van der Waals surface area contributed by atoms with Crippen LogP contribution in [0.25, 0.3) is 0 Å². The molecule has 2 aliphatic rings. The molecule has 1 aliphatic carbocycles. The van der Waals surface area contributed by atoms with Crippen molar-refractivity contribution in [3.63, 3.8) is 0 Å². The van der Waals surface area contributed by atoms with Crippen molar-refractivity contribution in [2.24, 2.45) is 0 Å². The average Bonchev–Trinajstić information content (AvgIpc) is 2.93. The third-order valence-corrected chi connectivity index (χ3v) is 5.74. The number of hydrogen-bond acceptors (Lipinski definition) is 7. The summed E-state index contributed by atoms with van der Waals surface area (Å²) in [6, 6.07) is 0. The largest absolute Gasteiger partial charge is 0.343 e. The van der Waals surface area contributed by atoms with Crippen LogP contribution in [0.5, 0.6) is 0 Å². The number of carbonyl (C=O) groups excluding carboxylic acids is 1. The van der Waals surface area contributed by atoms with Crippen molar-refractivity contribution in [2.75, 3.05) is 13.1 Å². The van der Waals surface area contributed by atoms with Gasteiger partial charge in [-0.2, -0.15) is 4.98 Å². The lowest BCUT2D eigenvalue weighted by Crippen LogP contribution is -2.47. The van der Waals surface area contributed by atoms with Crippen molar-refractivity contribution in [3.05, 3.63) is 27.8 Å². The van der Waals surface area contributed by atoms with Crippen LogP contribution in [0.1, 0.15) is 54.5 Å². The Kier molecular flexibility index (Phi) is 3.88. The number of likely N-dealkylation sites (tertiary alicyclic amines) is 1. The van der Waals surface area contributed by atoms with E-state index in [1.807, 2.05) is 12.3 Å². The van der Waals surface area contributed by atoms with Crippen LogP contribution >= 0.6 is 11.3 Å². The zero-order valence-electron chi connectivity index (χ0n) is 13.9. The van der Waals surface area contributed by atoms with Gasteiger partial charge < -0.3 is 9.84 Å². The van der Waals surface area contributed by atoms with E-state index in [-0.39, 0.29) is 5.91 Å².